The number of carbonyl (C=O) groups excluding carboxylic acids is 2. The van der Waals surface area contributed by atoms with Gasteiger partial charge in [0, 0.05) is 37.0 Å². The third-order valence-electron chi connectivity index (χ3n) is 6.17. The number of amides is 3. The highest BCUT2D eigenvalue weighted by Gasteiger charge is 2.42. The van der Waals surface area contributed by atoms with E-state index in [4.69, 9.17) is 4.74 Å². The Morgan fingerprint density at radius 3 is 2.67 bits per heavy atom. The zero-order chi connectivity index (χ0) is 19.2. The lowest BCUT2D eigenvalue weighted by molar-refractivity contribution is -0.120. The molecule has 0 unspecified atom stereocenters. The smallest absolute Gasteiger partial charge is 0.317 e. The predicted molar refractivity (Wildman–Crippen MR) is 103 cm³/mol. The number of ether oxygens (including phenoxy) is 1. The van der Waals surface area contributed by atoms with Crippen molar-refractivity contribution in [1.82, 2.24) is 15.5 Å². The first-order valence-electron chi connectivity index (χ1n) is 9.91. The van der Waals surface area contributed by atoms with E-state index >= 15 is 0 Å². The molecular formula is C21H29N3O3. The topological polar surface area (TPSA) is 70.7 Å². The van der Waals surface area contributed by atoms with Gasteiger partial charge in [0.15, 0.2) is 0 Å². The standard InChI is InChI=1S/C21H29N3O3/c1-14-4-5-15-16(13-20(2,3)27-17(15)12-14)22-19(26)24-10-8-21(9-11-24)7-6-18(25)23-21/h4-5,12,16H,6-11,13H2,1-3H3,(H,22,26)(H,23,25)/t16-/m0/s1. The molecule has 3 aliphatic rings. The van der Waals surface area contributed by atoms with E-state index in [1.807, 2.05) is 17.9 Å². The summed E-state index contributed by atoms with van der Waals surface area (Å²) in [5.41, 5.74) is 1.79. The van der Waals surface area contributed by atoms with Gasteiger partial charge in [0.25, 0.3) is 0 Å². The minimum atomic E-state index is -0.321. The van der Waals surface area contributed by atoms with Crippen LogP contribution in [0.25, 0.3) is 0 Å². The fourth-order valence-electron chi connectivity index (χ4n) is 4.61. The summed E-state index contributed by atoms with van der Waals surface area (Å²) < 4.78 is 6.13. The monoisotopic (exact) mass is 371 g/mol. The number of nitrogens with one attached hydrogen (secondary N) is 2. The van der Waals surface area contributed by atoms with E-state index in [0.29, 0.717) is 19.5 Å². The van der Waals surface area contributed by atoms with E-state index in [-0.39, 0.29) is 29.1 Å². The number of piperidine rings is 1. The largest absolute Gasteiger partial charge is 0.487 e. The van der Waals surface area contributed by atoms with Crippen molar-refractivity contribution in [1.29, 1.82) is 0 Å². The molecule has 3 heterocycles. The minimum absolute atomic E-state index is 0.0246. The molecule has 6 nitrogen and oxygen atoms in total. The van der Waals surface area contributed by atoms with E-state index in [9.17, 15) is 9.59 Å². The van der Waals surface area contributed by atoms with Gasteiger partial charge in [0.1, 0.15) is 11.4 Å². The van der Waals surface area contributed by atoms with Gasteiger partial charge in [-0.15, -0.1) is 0 Å². The van der Waals surface area contributed by atoms with Crippen LogP contribution in [0.1, 0.15) is 63.1 Å². The Bertz CT molecular complexity index is 766. The van der Waals surface area contributed by atoms with Crippen molar-refractivity contribution >= 4 is 11.9 Å². The number of nitrogens with zero attached hydrogens (tertiary/aromatic N) is 1. The number of aryl methyl sites for hydroxylation is 1. The molecule has 4 rings (SSSR count). The molecule has 0 aliphatic carbocycles. The van der Waals surface area contributed by atoms with Crippen LogP contribution in [0.3, 0.4) is 0 Å². The summed E-state index contributed by atoms with van der Waals surface area (Å²) >= 11 is 0. The Hall–Kier alpha value is -2.24. The van der Waals surface area contributed by atoms with Crippen LogP contribution in [0, 0.1) is 6.92 Å². The molecule has 2 saturated heterocycles. The Labute approximate surface area is 160 Å². The maximum absolute atomic E-state index is 12.9. The molecule has 0 radical (unpaired) electrons. The fraction of sp³-hybridized carbons (Fsp3) is 0.619. The number of rotatable bonds is 1. The molecule has 1 aromatic carbocycles. The highest BCUT2D eigenvalue weighted by atomic mass is 16.5. The number of hydrogen-bond donors (Lipinski definition) is 2. The summed E-state index contributed by atoms with van der Waals surface area (Å²) in [5.74, 6) is 1.01. The lowest BCUT2D eigenvalue weighted by Gasteiger charge is -2.41. The van der Waals surface area contributed by atoms with E-state index in [1.165, 1.54) is 0 Å². The van der Waals surface area contributed by atoms with Gasteiger partial charge in [-0.05, 0) is 51.7 Å². The van der Waals surface area contributed by atoms with Crippen molar-refractivity contribution in [3.05, 3.63) is 29.3 Å². The van der Waals surface area contributed by atoms with E-state index in [1.54, 1.807) is 0 Å². The molecule has 0 bridgehead atoms. The molecular weight excluding hydrogens is 342 g/mol. The highest BCUT2D eigenvalue weighted by Crippen LogP contribution is 2.40. The van der Waals surface area contributed by atoms with Crippen LogP contribution in [0.4, 0.5) is 4.79 Å². The van der Waals surface area contributed by atoms with Crippen LogP contribution < -0.4 is 15.4 Å². The SMILES string of the molecule is Cc1ccc2c(c1)OC(C)(C)C[C@@H]2NC(=O)N1CCC2(CCC(=O)N2)CC1. The zero-order valence-corrected chi connectivity index (χ0v) is 16.4. The van der Waals surface area contributed by atoms with Gasteiger partial charge in [0.2, 0.25) is 5.91 Å². The van der Waals surface area contributed by atoms with Gasteiger partial charge in [-0.2, -0.15) is 0 Å². The maximum atomic E-state index is 12.9. The van der Waals surface area contributed by atoms with E-state index < -0.39 is 0 Å². The molecule has 2 fully saturated rings. The minimum Gasteiger partial charge on any atom is -0.487 e. The van der Waals surface area contributed by atoms with Crippen LogP contribution in [0.2, 0.25) is 0 Å². The van der Waals surface area contributed by atoms with Crippen molar-refractivity contribution in [2.75, 3.05) is 13.1 Å². The Kier molecular flexibility index (Phi) is 4.32. The number of carbonyl (C=O) groups is 2. The highest BCUT2D eigenvalue weighted by molar-refractivity contribution is 5.80. The van der Waals surface area contributed by atoms with Gasteiger partial charge in [-0.1, -0.05) is 12.1 Å². The average Bonchev–Trinajstić information content (AvgIpc) is 2.94. The van der Waals surface area contributed by atoms with Crippen LogP contribution in [0.5, 0.6) is 5.75 Å². The van der Waals surface area contributed by atoms with Crippen molar-refractivity contribution in [2.24, 2.45) is 0 Å². The third-order valence-corrected chi connectivity index (χ3v) is 6.17. The Balaban J connectivity index is 1.43. The molecule has 146 valence electrons. The summed E-state index contributed by atoms with van der Waals surface area (Å²) in [6.45, 7) is 7.53. The van der Waals surface area contributed by atoms with E-state index in [0.717, 1.165) is 42.6 Å². The molecule has 0 aromatic heterocycles. The summed E-state index contributed by atoms with van der Waals surface area (Å²) in [6, 6.07) is 6.09. The summed E-state index contributed by atoms with van der Waals surface area (Å²) in [4.78, 5) is 26.4. The summed E-state index contributed by atoms with van der Waals surface area (Å²) in [6.07, 6.45) is 3.91. The number of benzene rings is 1. The molecule has 3 aliphatic heterocycles. The molecule has 6 heteroatoms. The molecule has 27 heavy (non-hydrogen) atoms. The molecule has 2 N–H and O–H groups in total. The lowest BCUT2D eigenvalue weighted by Crippen LogP contribution is -2.54. The fourth-order valence-corrected chi connectivity index (χ4v) is 4.61. The molecule has 0 saturated carbocycles. The maximum Gasteiger partial charge on any atom is 0.317 e. The van der Waals surface area contributed by atoms with Gasteiger partial charge in [0.05, 0.1) is 6.04 Å². The van der Waals surface area contributed by atoms with Crippen molar-refractivity contribution in [2.45, 2.75) is 70.1 Å². The van der Waals surface area contributed by atoms with Crippen LogP contribution in [-0.4, -0.2) is 41.1 Å². The van der Waals surface area contributed by atoms with Gasteiger partial charge >= 0.3 is 6.03 Å². The Morgan fingerprint density at radius 1 is 1.26 bits per heavy atom. The van der Waals surface area contributed by atoms with Crippen molar-refractivity contribution in [3.63, 3.8) is 0 Å². The third kappa shape index (κ3) is 3.62. The molecule has 1 aromatic rings. The number of hydrogen-bond acceptors (Lipinski definition) is 3. The van der Waals surface area contributed by atoms with Crippen molar-refractivity contribution < 1.29 is 14.3 Å². The second-order valence-electron chi connectivity index (χ2n) is 8.92. The van der Waals surface area contributed by atoms with Gasteiger partial charge < -0.3 is 20.3 Å². The average molecular weight is 371 g/mol. The normalized spacial score (nSPS) is 25.5. The Morgan fingerprint density at radius 2 is 2.00 bits per heavy atom. The van der Waals surface area contributed by atoms with Crippen molar-refractivity contribution in [3.8, 4) is 5.75 Å². The molecule has 1 spiro atoms. The molecule has 1 atom stereocenters. The number of fused-ring (bicyclic) bond motifs is 1. The second-order valence-corrected chi connectivity index (χ2v) is 8.92. The number of likely N-dealkylation sites (tertiary alicyclic amines) is 1. The quantitative estimate of drug-likeness (QED) is 0.797. The van der Waals surface area contributed by atoms with Gasteiger partial charge in [-0.25, -0.2) is 4.79 Å². The summed E-state index contributed by atoms with van der Waals surface area (Å²) in [5, 5.41) is 6.35. The van der Waals surface area contributed by atoms with Crippen LogP contribution >= 0.6 is 0 Å². The van der Waals surface area contributed by atoms with Gasteiger partial charge in [-0.3, -0.25) is 4.79 Å². The predicted octanol–water partition coefficient (Wildman–Crippen LogP) is 3.05. The molecule has 3 amide bonds. The summed E-state index contributed by atoms with van der Waals surface area (Å²) in [7, 11) is 0. The second kappa shape index (κ2) is 6.43. The van der Waals surface area contributed by atoms with Crippen LogP contribution in [0.15, 0.2) is 18.2 Å². The lowest BCUT2D eigenvalue weighted by atomic mass is 9.86. The van der Waals surface area contributed by atoms with Crippen LogP contribution in [-0.2, 0) is 4.79 Å². The zero-order valence-electron chi connectivity index (χ0n) is 16.4. The first-order valence-corrected chi connectivity index (χ1v) is 9.91. The first kappa shape index (κ1) is 18.1. The van der Waals surface area contributed by atoms with E-state index in [2.05, 4.69) is 36.6 Å². The number of urea groups is 1. The first-order chi connectivity index (χ1) is 12.8.